The number of nitrogens with one attached hydrogen (secondary N) is 1. The molecule has 2 heterocycles. The number of carbonyl (C=O) groups excluding carboxylic acids is 1. The highest BCUT2D eigenvalue weighted by molar-refractivity contribution is 7.09. The van der Waals surface area contributed by atoms with E-state index in [0.717, 1.165) is 10.3 Å². The van der Waals surface area contributed by atoms with Crippen LogP contribution in [0.3, 0.4) is 0 Å². The number of amides is 1. The summed E-state index contributed by atoms with van der Waals surface area (Å²) in [6.07, 6.45) is 0. The summed E-state index contributed by atoms with van der Waals surface area (Å²) in [6, 6.07) is 12.0. The van der Waals surface area contributed by atoms with Crippen molar-refractivity contribution in [2.24, 2.45) is 0 Å². The van der Waals surface area contributed by atoms with Crippen molar-refractivity contribution in [1.29, 1.82) is 0 Å². The maximum Gasteiger partial charge on any atom is 0.336 e. The van der Waals surface area contributed by atoms with E-state index in [2.05, 4.69) is 5.32 Å². The summed E-state index contributed by atoms with van der Waals surface area (Å²) in [6.45, 7) is 0.403. The largest absolute Gasteiger partial charge is 0.484 e. The minimum absolute atomic E-state index is 0.0893. The monoisotopic (exact) mass is 315 g/mol. The van der Waals surface area contributed by atoms with Crippen molar-refractivity contribution >= 4 is 28.2 Å². The maximum atomic E-state index is 11.7. The van der Waals surface area contributed by atoms with E-state index in [-0.39, 0.29) is 12.5 Å². The molecule has 1 amide bonds. The van der Waals surface area contributed by atoms with Gasteiger partial charge in [0.15, 0.2) is 6.61 Å². The Labute approximate surface area is 130 Å². The third kappa shape index (κ3) is 3.53. The first-order valence-electron chi connectivity index (χ1n) is 6.66. The van der Waals surface area contributed by atoms with Gasteiger partial charge >= 0.3 is 5.63 Å². The van der Waals surface area contributed by atoms with Crippen molar-refractivity contribution in [3.05, 3.63) is 63.1 Å². The molecule has 0 atom stereocenters. The highest BCUT2D eigenvalue weighted by Crippen LogP contribution is 2.19. The smallest absolute Gasteiger partial charge is 0.336 e. The number of benzene rings is 1. The Bertz CT molecular complexity index is 839. The van der Waals surface area contributed by atoms with E-state index in [4.69, 9.17) is 9.15 Å². The molecule has 1 N–H and O–H groups in total. The molecule has 0 unspecified atom stereocenters. The summed E-state index contributed by atoms with van der Waals surface area (Å²) >= 11 is 1.58. The van der Waals surface area contributed by atoms with E-state index in [9.17, 15) is 9.59 Å². The van der Waals surface area contributed by atoms with E-state index in [1.807, 2.05) is 17.5 Å². The highest BCUT2D eigenvalue weighted by atomic mass is 32.1. The van der Waals surface area contributed by atoms with Crippen LogP contribution in [0.2, 0.25) is 0 Å². The van der Waals surface area contributed by atoms with Gasteiger partial charge in [0.25, 0.3) is 5.91 Å². The molecular formula is C16H13NO4S. The minimum atomic E-state index is -0.418. The van der Waals surface area contributed by atoms with Gasteiger partial charge in [0, 0.05) is 22.4 Å². The average molecular weight is 315 g/mol. The summed E-state index contributed by atoms with van der Waals surface area (Å²) in [5.41, 5.74) is 0.0161. The van der Waals surface area contributed by atoms with Gasteiger partial charge in [-0.3, -0.25) is 4.79 Å². The van der Waals surface area contributed by atoms with Crippen molar-refractivity contribution in [2.45, 2.75) is 6.54 Å². The van der Waals surface area contributed by atoms with Crippen LogP contribution in [0.25, 0.3) is 11.0 Å². The molecule has 3 rings (SSSR count). The average Bonchev–Trinajstić information content (AvgIpc) is 3.04. The first-order chi connectivity index (χ1) is 10.7. The van der Waals surface area contributed by atoms with Gasteiger partial charge < -0.3 is 14.5 Å². The molecule has 0 saturated carbocycles. The van der Waals surface area contributed by atoms with Gasteiger partial charge in [0.1, 0.15) is 11.3 Å². The molecule has 0 fully saturated rings. The predicted octanol–water partition coefficient (Wildman–Crippen LogP) is 2.55. The van der Waals surface area contributed by atoms with Crippen molar-refractivity contribution in [2.75, 3.05) is 6.61 Å². The topological polar surface area (TPSA) is 68.5 Å². The number of hydrogen-bond donors (Lipinski definition) is 1. The van der Waals surface area contributed by atoms with Crippen LogP contribution < -0.4 is 15.7 Å². The quantitative estimate of drug-likeness (QED) is 0.735. The number of thiophene rings is 1. The summed E-state index contributed by atoms with van der Waals surface area (Å²) in [5.74, 6) is 0.274. The van der Waals surface area contributed by atoms with Crippen LogP contribution >= 0.6 is 11.3 Å². The number of hydrogen-bond acceptors (Lipinski definition) is 5. The molecule has 0 aliphatic rings. The molecule has 0 bridgehead atoms. The lowest BCUT2D eigenvalue weighted by molar-refractivity contribution is -0.123. The van der Waals surface area contributed by atoms with Crippen molar-refractivity contribution in [3.8, 4) is 5.75 Å². The standard InChI is InChI=1S/C16H13NO4S/c18-15(17-9-13-2-1-7-22-13)10-20-12-5-3-11-4-6-16(19)21-14(11)8-12/h1-8H,9-10H2,(H,17,18). The lowest BCUT2D eigenvalue weighted by atomic mass is 10.2. The SMILES string of the molecule is O=C(COc1ccc2ccc(=O)oc2c1)NCc1cccs1. The zero-order valence-electron chi connectivity index (χ0n) is 11.6. The second-order valence-corrected chi connectivity index (χ2v) is 5.63. The number of rotatable bonds is 5. The molecule has 3 aromatic rings. The van der Waals surface area contributed by atoms with Crippen LogP contribution in [0.4, 0.5) is 0 Å². The number of fused-ring (bicyclic) bond motifs is 1. The lowest BCUT2D eigenvalue weighted by Crippen LogP contribution is -2.28. The van der Waals surface area contributed by atoms with Crippen molar-refractivity contribution in [3.63, 3.8) is 0 Å². The van der Waals surface area contributed by atoms with Crippen LogP contribution in [0, 0.1) is 0 Å². The summed E-state index contributed by atoms with van der Waals surface area (Å²) in [4.78, 5) is 24.0. The van der Waals surface area contributed by atoms with Gasteiger partial charge in [0.2, 0.25) is 0 Å². The Morgan fingerprint density at radius 3 is 2.91 bits per heavy atom. The summed E-state index contributed by atoms with van der Waals surface area (Å²) in [5, 5.41) is 5.53. The summed E-state index contributed by atoms with van der Waals surface area (Å²) < 4.78 is 10.5. The van der Waals surface area contributed by atoms with Crippen molar-refractivity contribution in [1.82, 2.24) is 5.32 Å². The Hall–Kier alpha value is -2.60. The molecule has 2 aromatic heterocycles. The second-order valence-electron chi connectivity index (χ2n) is 4.60. The molecule has 22 heavy (non-hydrogen) atoms. The highest BCUT2D eigenvalue weighted by Gasteiger charge is 2.05. The van der Waals surface area contributed by atoms with Crippen LogP contribution in [-0.4, -0.2) is 12.5 Å². The molecule has 0 aliphatic heterocycles. The molecule has 5 nitrogen and oxygen atoms in total. The molecule has 6 heteroatoms. The van der Waals surface area contributed by atoms with Crippen LogP contribution in [0.15, 0.2) is 57.1 Å². The molecular weight excluding hydrogens is 302 g/mol. The summed E-state index contributed by atoms with van der Waals surface area (Å²) in [7, 11) is 0. The number of ether oxygens (including phenoxy) is 1. The third-order valence-electron chi connectivity index (χ3n) is 3.00. The van der Waals surface area contributed by atoms with Gasteiger partial charge in [-0.1, -0.05) is 6.07 Å². The molecule has 1 aromatic carbocycles. The molecule has 0 saturated heterocycles. The maximum absolute atomic E-state index is 11.7. The molecule has 0 spiro atoms. The third-order valence-corrected chi connectivity index (χ3v) is 3.88. The molecule has 0 aliphatic carbocycles. The predicted molar refractivity (Wildman–Crippen MR) is 84.1 cm³/mol. The fraction of sp³-hybridized carbons (Fsp3) is 0.125. The first-order valence-corrected chi connectivity index (χ1v) is 7.54. The Balaban J connectivity index is 1.58. The molecule has 0 radical (unpaired) electrons. The zero-order valence-corrected chi connectivity index (χ0v) is 12.4. The van der Waals surface area contributed by atoms with Crippen LogP contribution in [0.1, 0.15) is 4.88 Å². The number of carbonyl (C=O) groups is 1. The van der Waals surface area contributed by atoms with Crippen molar-refractivity contribution < 1.29 is 13.9 Å². The fourth-order valence-corrected chi connectivity index (χ4v) is 2.57. The first kappa shape index (κ1) is 14.3. The van der Waals surface area contributed by atoms with Gasteiger partial charge in [-0.05, 0) is 29.6 Å². The van der Waals surface area contributed by atoms with E-state index in [1.165, 1.54) is 6.07 Å². The van der Waals surface area contributed by atoms with Gasteiger partial charge in [-0.25, -0.2) is 4.79 Å². The lowest BCUT2D eigenvalue weighted by Gasteiger charge is -2.07. The van der Waals surface area contributed by atoms with E-state index in [0.29, 0.717) is 17.9 Å². The fourth-order valence-electron chi connectivity index (χ4n) is 1.93. The minimum Gasteiger partial charge on any atom is -0.484 e. The van der Waals surface area contributed by atoms with E-state index >= 15 is 0 Å². The second kappa shape index (κ2) is 6.44. The Morgan fingerprint density at radius 2 is 2.09 bits per heavy atom. The van der Waals surface area contributed by atoms with Gasteiger partial charge in [-0.15, -0.1) is 11.3 Å². The zero-order chi connectivity index (χ0) is 15.4. The van der Waals surface area contributed by atoms with Gasteiger partial charge in [-0.2, -0.15) is 0 Å². The Morgan fingerprint density at radius 1 is 1.23 bits per heavy atom. The van der Waals surface area contributed by atoms with Gasteiger partial charge in [0.05, 0.1) is 6.54 Å². The van der Waals surface area contributed by atoms with Crippen LogP contribution in [0.5, 0.6) is 5.75 Å². The van der Waals surface area contributed by atoms with Crippen LogP contribution in [-0.2, 0) is 11.3 Å². The molecule has 112 valence electrons. The van der Waals surface area contributed by atoms with E-state index in [1.54, 1.807) is 35.6 Å². The Kier molecular flexibility index (Phi) is 4.20. The normalized spacial score (nSPS) is 10.5. The van der Waals surface area contributed by atoms with E-state index < -0.39 is 5.63 Å².